The molecule has 1 aromatic carbocycles. The van der Waals surface area contributed by atoms with Crippen molar-refractivity contribution in [2.24, 2.45) is 5.92 Å². The SMILES string of the molecule is C=C(C)C(=O)OCC(COC)c1ccc(O/C=C\OC2CCC(CCCCC)CC2)cc1. The van der Waals surface area contributed by atoms with Gasteiger partial charge in [-0.2, -0.15) is 0 Å². The molecule has 0 amide bonds. The number of ether oxygens (including phenoxy) is 4. The van der Waals surface area contributed by atoms with E-state index < -0.39 is 0 Å². The maximum atomic E-state index is 11.7. The summed E-state index contributed by atoms with van der Waals surface area (Å²) in [7, 11) is 1.63. The van der Waals surface area contributed by atoms with Crippen LogP contribution < -0.4 is 4.74 Å². The molecular weight excluding hydrogens is 404 g/mol. The number of esters is 1. The highest BCUT2D eigenvalue weighted by Crippen LogP contribution is 2.30. The smallest absolute Gasteiger partial charge is 0.333 e. The summed E-state index contributed by atoms with van der Waals surface area (Å²) >= 11 is 0. The van der Waals surface area contributed by atoms with Crippen LogP contribution in [-0.2, 0) is 19.0 Å². The number of methoxy groups -OCH3 is 1. The van der Waals surface area contributed by atoms with Crippen LogP contribution in [0.15, 0.2) is 48.9 Å². The van der Waals surface area contributed by atoms with E-state index in [1.807, 2.05) is 24.3 Å². The van der Waals surface area contributed by atoms with Gasteiger partial charge in [-0.3, -0.25) is 0 Å². The zero-order valence-corrected chi connectivity index (χ0v) is 20.0. The molecule has 1 fully saturated rings. The molecule has 0 bridgehead atoms. The Morgan fingerprint density at radius 3 is 2.44 bits per heavy atom. The van der Waals surface area contributed by atoms with Crippen LogP contribution in [0.1, 0.15) is 76.7 Å². The molecule has 0 N–H and O–H groups in total. The third-order valence-electron chi connectivity index (χ3n) is 6.02. The Morgan fingerprint density at radius 2 is 1.81 bits per heavy atom. The van der Waals surface area contributed by atoms with E-state index in [4.69, 9.17) is 18.9 Å². The van der Waals surface area contributed by atoms with Crippen LogP contribution in [0.2, 0.25) is 0 Å². The van der Waals surface area contributed by atoms with E-state index >= 15 is 0 Å². The lowest BCUT2D eigenvalue weighted by Gasteiger charge is -2.27. The van der Waals surface area contributed by atoms with Gasteiger partial charge in [-0.25, -0.2) is 4.79 Å². The summed E-state index contributed by atoms with van der Waals surface area (Å²) in [5, 5.41) is 0. The van der Waals surface area contributed by atoms with Crippen LogP contribution in [0.25, 0.3) is 0 Å². The molecule has 32 heavy (non-hydrogen) atoms. The summed E-state index contributed by atoms with van der Waals surface area (Å²) in [6, 6.07) is 7.71. The first-order chi connectivity index (χ1) is 15.5. The molecule has 1 unspecified atom stereocenters. The first-order valence-electron chi connectivity index (χ1n) is 11.9. The molecule has 1 atom stereocenters. The summed E-state index contributed by atoms with van der Waals surface area (Å²) < 4.78 is 22.1. The third-order valence-corrected chi connectivity index (χ3v) is 6.02. The van der Waals surface area contributed by atoms with Crippen LogP contribution >= 0.6 is 0 Å². The summed E-state index contributed by atoms with van der Waals surface area (Å²) in [6.07, 6.45) is 13.8. The third kappa shape index (κ3) is 9.47. The van der Waals surface area contributed by atoms with Crippen LogP contribution in [0.4, 0.5) is 0 Å². The van der Waals surface area contributed by atoms with E-state index in [1.54, 1.807) is 26.6 Å². The van der Waals surface area contributed by atoms with Crippen molar-refractivity contribution in [1.82, 2.24) is 0 Å². The monoisotopic (exact) mass is 444 g/mol. The quantitative estimate of drug-likeness (QED) is 0.141. The van der Waals surface area contributed by atoms with Crippen molar-refractivity contribution in [2.45, 2.75) is 77.2 Å². The van der Waals surface area contributed by atoms with Crippen molar-refractivity contribution in [3.63, 3.8) is 0 Å². The normalized spacial score (nSPS) is 19.5. The minimum Gasteiger partial charge on any atom is -0.495 e. The highest BCUT2D eigenvalue weighted by molar-refractivity contribution is 5.86. The van der Waals surface area contributed by atoms with Crippen molar-refractivity contribution in [2.75, 3.05) is 20.3 Å². The zero-order chi connectivity index (χ0) is 23.2. The van der Waals surface area contributed by atoms with Gasteiger partial charge < -0.3 is 18.9 Å². The molecule has 0 aliphatic heterocycles. The number of unbranched alkanes of at least 4 members (excludes halogenated alkanes) is 2. The van der Waals surface area contributed by atoms with E-state index in [0.717, 1.165) is 30.1 Å². The van der Waals surface area contributed by atoms with Gasteiger partial charge in [-0.15, -0.1) is 0 Å². The fourth-order valence-corrected chi connectivity index (χ4v) is 4.05. The van der Waals surface area contributed by atoms with Crippen LogP contribution in [-0.4, -0.2) is 32.4 Å². The van der Waals surface area contributed by atoms with E-state index in [2.05, 4.69) is 13.5 Å². The molecule has 5 nitrogen and oxygen atoms in total. The van der Waals surface area contributed by atoms with Gasteiger partial charge in [0.25, 0.3) is 0 Å². The minimum atomic E-state index is -0.388. The van der Waals surface area contributed by atoms with Gasteiger partial charge in [0.1, 0.15) is 24.9 Å². The van der Waals surface area contributed by atoms with Crippen LogP contribution in [0.3, 0.4) is 0 Å². The lowest BCUT2D eigenvalue weighted by atomic mass is 9.84. The van der Waals surface area contributed by atoms with Crippen molar-refractivity contribution in [3.8, 4) is 5.75 Å². The molecular formula is C27H40O5. The van der Waals surface area contributed by atoms with Gasteiger partial charge in [-0.1, -0.05) is 51.3 Å². The number of carbonyl (C=O) groups is 1. The van der Waals surface area contributed by atoms with Gasteiger partial charge in [0.2, 0.25) is 0 Å². The van der Waals surface area contributed by atoms with Crippen LogP contribution in [0, 0.1) is 5.92 Å². The second-order valence-corrected chi connectivity index (χ2v) is 8.76. The molecule has 5 heteroatoms. The number of benzene rings is 1. The number of rotatable bonds is 14. The molecule has 2 rings (SSSR count). The Balaban J connectivity index is 1.73. The highest BCUT2D eigenvalue weighted by Gasteiger charge is 2.21. The fraction of sp³-hybridized carbons (Fsp3) is 0.593. The molecule has 0 aromatic heterocycles. The molecule has 0 saturated heterocycles. The Kier molecular flexibility index (Phi) is 12.0. The summed E-state index contributed by atoms with van der Waals surface area (Å²) in [6.45, 7) is 8.20. The van der Waals surface area contributed by atoms with E-state index in [0.29, 0.717) is 18.3 Å². The first kappa shape index (κ1) is 26.0. The second-order valence-electron chi connectivity index (χ2n) is 8.76. The summed E-state index contributed by atoms with van der Waals surface area (Å²) in [5.41, 5.74) is 1.41. The van der Waals surface area contributed by atoms with E-state index in [1.165, 1.54) is 38.5 Å². The maximum absolute atomic E-state index is 11.7. The van der Waals surface area contributed by atoms with E-state index in [-0.39, 0.29) is 18.5 Å². The highest BCUT2D eigenvalue weighted by atomic mass is 16.5. The van der Waals surface area contributed by atoms with Gasteiger partial charge in [0.15, 0.2) is 0 Å². The van der Waals surface area contributed by atoms with Gasteiger partial charge in [-0.05, 0) is 56.2 Å². The van der Waals surface area contributed by atoms with Crippen LogP contribution in [0.5, 0.6) is 5.75 Å². The maximum Gasteiger partial charge on any atom is 0.333 e. The Bertz CT molecular complexity index is 701. The molecule has 0 radical (unpaired) electrons. The molecule has 1 aromatic rings. The number of hydrogen-bond donors (Lipinski definition) is 0. The molecule has 178 valence electrons. The first-order valence-corrected chi connectivity index (χ1v) is 11.9. The predicted octanol–water partition coefficient (Wildman–Crippen LogP) is 6.54. The summed E-state index contributed by atoms with van der Waals surface area (Å²) in [5.74, 6) is 1.17. The van der Waals surface area contributed by atoms with Crippen molar-refractivity contribution < 1.29 is 23.7 Å². The number of carbonyl (C=O) groups excluding carboxylic acids is 1. The van der Waals surface area contributed by atoms with Gasteiger partial charge in [0, 0.05) is 18.6 Å². The van der Waals surface area contributed by atoms with Crippen molar-refractivity contribution in [3.05, 3.63) is 54.5 Å². The molecule has 0 heterocycles. The fourth-order valence-electron chi connectivity index (χ4n) is 4.05. The summed E-state index contributed by atoms with van der Waals surface area (Å²) in [4.78, 5) is 11.7. The number of hydrogen-bond acceptors (Lipinski definition) is 5. The molecule has 1 aliphatic rings. The Labute approximate surface area is 193 Å². The lowest BCUT2D eigenvalue weighted by Crippen LogP contribution is -2.20. The predicted molar refractivity (Wildman–Crippen MR) is 128 cm³/mol. The Hall–Kier alpha value is -2.27. The van der Waals surface area contributed by atoms with Crippen molar-refractivity contribution >= 4 is 5.97 Å². The standard InChI is InChI=1S/C27H40O5/c1-5-6-7-8-22-9-13-25(14-10-22)30-17-18-31-26-15-11-23(12-16-26)24(19-29-4)20-32-27(28)21(2)3/h11-12,15-18,22,24-25H,2,5-10,13-14,19-20H2,1,3-4H3/b18-17-. The average molecular weight is 445 g/mol. The topological polar surface area (TPSA) is 54.0 Å². The van der Waals surface area contributed by atoms with Crippen molar-refractivity contribution in [1.29, 1.82) is 0 Å². The molecule has 1 saturated carbocycles. The Morgan fingerprint density at radius 1 is 1.09 bits per heavy atom. The average Bonchev–Trinajstić information content (AvgIpc) is 2.81. The minimum absolute atomic E-state index is 0.0478. The van der Waals surface area contributed by atoms with Gasteiger partial charge in [0.05, 0.1) is 12.7 Å². The molecule has 0 spiro atoms. The zero-order valence-electron chi connectivity index (χ0n) is 20.0. The van der Waals surface area contributed by atoms with E-state index in [9.17, 15) is 4.79 Å². The second kappa shape index (κ2) is 14.7. The van der Waals surface area contributed by atoms with Gasteiger partial charge >= 0.3 is 5.97 Å². The largest absolute Gasteiger partial charge is 0.495 e. The lowest BCUT2D eigenvalue weighted by molar-refractivity contribution is -0.139. The molecule has 1 aliphatic carbocycles.